The number of aromatic nitrogens is 2. The fourth-order valence-corrected chi connectivity index (χ4v) is 3.28. The van der Waals surface area contributed by atoms with Crippen LogP contribution in [-0.4, -0.2) is 15.1 Å². The first kappa shape index (κ1) is 12.8. The van der Waals surface area contributed by atoms with Crippen LogP contribution in [0.2, 0.25) is 0 Å². The summed E-state index contributed by atoms with van der Waals surface area (Å²) in [5, 5.41) is 10.1. The molecule has 3 rings (SSSR count). The number of aryl methyl sites for hydroxylation is 2. The average Bonchev–Trinajstić information content (AvgIpc) is 2.39. The summed E-state index contributed by atoms with van der Waals surface area (Å²) in [6.07, 6.45) is 0. The van der Waals surface area contributed by atoms with E-state index in [-0.39, 0.29) is 5.75 Å². The zero-order valence-electron chi connectivity index (χ0n) is 10.3. The topological polar surface area (TPSA) is 46.0 Å². The molecule has 0 aliphatic rings. The molecule has 3 nitrogen and oxygen atoms in total. The SMILES string of the molecule is Cc1ccc2nc3c(Br)cc(Br)c(O)c3nc2c1C. The minimum Gasteiger partial charge on any atom is -0.504 e. The monoisotopic (exact) mass is 380 g/mol. The van der Waals surface area contributed by atoms with Crippen LogP contribution in [0, 0.1) is 13.8 Å². The fraction of sp³-hybridized carbons (Fsp3) is 0.143. The number of hydrogen-bond donors (Lipinski definition) is 1. The van der Waals surface area contributed by atoms with E-state index in [2.05, 4.69) is 41.8 Å². The Morgan fingerprint density at radius 3 is 2.42 bits per heavy atom. The van der Waals surface area contributed by atoms with E-state index in [4.69, 9.17) is 0 Å². The number of benzene rings is 2. The molecule has 0 radical (unpaired) electrons. The van der Waals surface area contributed by atoms with Crippen LogP contribution < -0.4 is 0 Å². The molecule has 0 unspecified atom stereocenters. The number of aromatic hydroxyl groups is 1. The second-order valence-electron chi connectivity index (χ2n) is 4.48. The lowest BCUT2D eigenvalue weighted by Gasteiger charge is -2.09. The van der Waals surface area contributed by atoms with Crippen molar-refractivity contribution in [1.82, 2.24) is 9.97 Å². The molecular formula is C14H10Br2N2O. The maximum atomic E-state index is 10.1. The van der Waals surface area contributed by atoms with Crippen molar-refractivity contribution in [1.29, 1.82) is 0 Å². The number of rotatable bonds is 0. The van der Waals surface area contributed by atoms with Gasteiger partial charge in [0.25, 0.3) is 0 Å². The van der Waals surface area contributed by atoms with Crippen molar-refractivity contribution in [3.8, 4) is 5.75 Å². The van der Waals surface area contributed by atoms with Crippen molar-refractivity contribution in [2.24, 2.45) is 0 Å². The van der Waals surface area contributed by atoms with E-state index >= 15 is 0 Å². The Morgan fingerprint density at radius 1 is 0.947 bits per heavy atom. The van der Waals surface area contributed by atoms with Crippen molar-refractivity contribution in [3.63, 3.8) is 0 Å². The highest BCUT2D eigenvalue weighted by molar-refractivity contribution is 9.11. The summed E-state index contributed by atoms with van der Waals surface area (Å²) < 4.78 is 1.41. The number of phenols is 1. The van der Waals surface area contributed by atoms with Gasteiger partial charge in [0.05, 0.1) is 15.5 Å². The summed E-state index contributed by atoms with van der Waals surface area (Å²) in [4.78, 5) is 9.18. The van der Waals surface area contributed by atoms with E-state index in [9.17, 15) is 5.11 Å². The standard InChI is InChI=1S/C14H10Br2N2O/c1-6-3-4-10-11(7(6)2)18-13-12(17-10)8(15)5-9(16)14(13)19/h3-5,19H,1-2H3. The van der Waals surface area contributed by atoms with Gasteiger partial charge in [0.2, 0.25) is 0 Å². The molecule has 96 valence electrons. The molecule has 0 amide bonds. The third-order valence-corrected chi connectivity index (χ3v) is 4.50. The summed E-state index contributed by atoms with van der Waals surface area (Å²) in [6.45, 7) is 4.06. The van der Waals surface area contributed by atoms with E-state index in [0.717, 1.165) is 26.6 Å². The van der Waals surface area contributed by atoms with Crippen molar-refractivity contribution in [2.75, 3.05) is 0 Å². The zero-order chi connectivity index (χ0) is 13.7. The van der Waals surface area contributed by atoms with Gasteiger partial charge in [-0.25, -0.2) is 9.97 Å². The van der Waals surface area contributed by atoms with Crippen molar-refractivity contribution < 1.29 is 5.11 Å². The maximum Gasteiger partial charge on any atom is 0.157 e. The number of phenolic OH excluding ortho intramolecular Hbond substituents is 1. The van der Waals surface area contributed by atoms with Gasteiger partial charge in [-0.05, 0) is 69.0 Å². The summed E-state index contributed by atoms with van der Waals surface area (Å²) >= 11 is 6.77. The van der Waals surface area contributed by atoms with E-state index < -0.39 is 0 Å². The summed E-state index contributed by atoms with van der Waals surface area (Å²) in [6, 6.07) is 5.76. The van der Waals surface area contributed by atoms with Crippen LogP contribution in [0.25, 0.3) is 22.1 Å². The lowest BCUT2D eigenvalue weighted by atomic mass is 10.1. The first-order chi connectivity index (χ1) is 8.99. The minimum absolute atomic E-state index is 0.119. The molecule has 0 saturated heterocycles. The summed E-state index contributed by atoms with van der Waals surface area (Å²) in [5.74, 6) is 0.119. The zero-order valence-corrected chi connectivity index (χ0v) is 13.5. The van der Waals surface area contributed by atoms with Crippen molar-refractivity contribution in [2.45, 2.75) is 13.8 Å². The number of halogens is 2. The Labute approximate surface area is 126 Å². The van der Waals surface area contributed by atoms with Gasteiger partial charge in [0.15, 0.2) is 5.75 Å². The quantitative estimate of drug-likeness (QED) is 0.577. The van der Waals surface area contributed by atoms with Gasteiger partial charge in [-0.1, -0.05) is 6.07 Å². The number of nitrogens with zero attached hydrogens (tertiary/aromatic N) is 2. The molecule has 5 heteroatoms. The van der Waals surface area contributed by atoms with E-state index in [1.807, 2.05) is 26.0 Å². The van der Waals surface area contributed by atoms with Crippen molar-refractivity contribution >= 4 is 53.9 Å². The molecule has 1 aromatic heterocycles. The van der Waals surface area contributed by atoms with Gasteiger partial charge >= 0.3 is 0 Å². The van der Waals surface area contributed by atoms with Crippen LogP contribution in [0.5, 0.6) is 5.75 Å². The highest BCUT2D eigenvalue weighted by Gasteiger charge is 2.14. The Hall–Kier alpha value is -1.20. The Morgan fingerprint density at radius 2 is 1.68 bits per heavy atom. The molecule has 1 heterocycles. The summed E-state index contributed by atoms with van der Waals surface area (Å²) in [7, 11) is 0. The first-order valence-electron chi connectivity index (χ1n) is 5.73. The number of hydrogen-bond acceptors (Lipinski definition) is 3. The molecule has 0 fully saturated rings. The summed E-state index contributed by atoms with van der Waals surface area (Å²) in [5.41, 5.74) is 5.07. The van der Waals surface area contributed by atoms with Crippen LogP contribution in [0.4, 0.5) is 0 Å². The van der Waals surface area contributed by atoms with Gasteiger partial charge in [-0.3, -0.25) is 0 Å². The van der Waals surface area contributed by atoms with Gasteiger partial charge in [0.1, 0.15) is 11.0 Å². The van der Waals surface area contributed by atoms with Crippen LogP contribution >= 0.6 is 31.9 Å². The van der Waals surface area contributed by atoms with Crippen molar-refractivity contribution in [3.05, 3.63) is 38.3 Å². The normalized spacial score (nSPS) is 11.4. The van der Waals surface area contributed by atoms with E-state index in [1.165, 1.54) is 0 Å². The van der Waals surface area contributed by atoms with Crippen LogP contribution in [-0.2, 0) is 0 Å². The Kier molecular flexibility index (Phi) is 2.98. The third-order valence-electron chi connectivity index (χ3n) is 3.29. The minimum atomic E-state index is 0.119. The molecule has 0 aliphatic carbocycles. The molecule has 0 bridgehead atoms. The van der Waals surface area contributed by atoms with Gasteiger partial charge in [-0.15, -0.1) is 0 Å². The molecule has 0 saturated carbocycles. The highest BCUT2D eigenvalue weighted by Crippen LogP contribution is 2.36. The van der Waals surface area contributed by atoms with Gasteiger partial charge in [-0.2, -0.15) is 0 Å². The lowest BCUT2D eigenvalue weighted by Crippen LogP contribution is -1.93. The molecule has 0 spiro atoms. The Bertz CT molecular complexity index is 831. The molecule has 19 heavy (non-hydrogen) atoms. The molecular weight excluding hydrogens is 372 g/mol. The largest absolute Gasteiger partial charge is 0.504 e. The lowest BCUT2D eigenvalue weighted by molar-refractivity contribution is 0.477. The van der Waals surface area contributed by atoms with E-state index in [1.54, 1.807) is 6.07 Å². The second-order valence-corrected chi connectivity index (χ2v) is 6.19. The van der Waals surface area contributed by atoms with Crippen LogP contribution in [0.3, 0.4) is 0 Å². The van der Waals surface area contributed by atoms with Crippen LogP contribution in [0.1, 0.15) is 11.1 Å². The predicted molar refractivity (Wildman–Crippen MR) is 83.6 cm³/mol. The fourth-order valence-electron chi connectivity index (χ4n) is 2.05. The molecule has 0 aliphatic heterocycles. The molecule has 1 N–H and O–H groups in total. The highest BCUT2D eigenvalue weighted by atomic mass is 79.9. The van der Waals surface area contributed by atoms with Crippen LogP contribution in [0.15, 0.2) is 27.1 Å². The molecule has 3 aromatic rings. The number of fused-ring (bicyclic) bond motifs is 2. The molecule has 2 aromatic carbocycles. The second kappa shape index (κ2) is 4.42. The van der Waals surface area contributed by atoms with E-state index in [0.29, 0.717) is 15.5 Å². The predicted octanol–water partition coefficient (Wildman–Crippen LogP) is 4.63. The maximum absolute atomic E-state index is 10.1. The average molecular weight is 382 g/mol. The molecule has 0 atom stereocenters. The Balaban J connectivity index is 2.56. The first-order valence-corrected chi connectivity index (χ1v) is 7.32. The van der Waals surface area contributed by atoms with Gasteiger partial charge in [0, 0.05) is 4.47 Å². The smallest absolute Gasteiger partial charge is 0.157 e. The van der Waals surface area contributed by atoms with Gasteiger partial charge < -0.3 is 5.11 Å². The third kappa shape index (κ3) is 1.92.